The van der Waals surface area contributed by atoms with E-state index in [1.807, 2.05) is 12.1 Å². The molecule has 0 saturated heterocycles. The van der Waals surface area contributed by atoms with E-state index in [0.717, 1.165) is 24.9 Å². The van der Waals surface area contributed by atoms with Crippen LogP contribution >= 0.6 is 0 Å². The van der Waals surface area contributed by atoms with Crippen molar-refractivity contribution in [2.45, 2.75) is 18.9 Å². The fourth-order valence-electron chi connectivity index (χ4n) is 1.90. The summed E-state index contributed by atoms with van der Waals surface area (Å²) < 4.78 is 5.16. The standard InChI is InChI=1S/C15H22N2O/c1-12(10-16-13-4-5-13)11-17(2)14-6-8-15(18-3)9-7-14/h6-9,13,16H,1,4-5,10-11H2,2-3H3. The van der Waals surface area contributed by atoms with Gasteiger partial charge in [-0.05, 0) is 42.7 Å². The average Bonchev–Trinajstić information content (AvgIpc) is 3.20. The summed E-state index contributed by atoms with van der Waals surface area (Å²) in [6.07, 6.45) is 2.64. The molecule has 0 spiro atoms. The summed E-state index contributed by atoms with van der Waals surface area (Å²) >= 11 is 0. The Morgan fingerprint density at radius 3 is 2.61 bits per heavy atom. The highest BCUT2D eigenvalue weighted by atomic mass is 16.5. The van der Waals surface area contributed by atoms with E-state index in [4.69, 9.17) is 4.74 Å². The van der Waals surface area contributed by atoms with Crippen LogP contribution in [0.25, 0.3) is 0 Å². The van der Waals surface area contributed by atoms with Crippen molar-refractivity contribution < 1.29 is 4.74 Å². The van der Waals surface area contributed by atoms with Crippen molar-refractivity contribution in [2.75, 3.05) is 32.1 Å². The second kappa shape index (κ2) is 5.91. The van der Waals surface area contributed by atoms with Crippen LogP contribution in [0.3, 0.4) is 0 Å². The molecule has 3 nitrogen and oxygen atoms in total. The monoisotopic (exact) mass is 246 g/mol. The molecule has 0 atom stereocenters. The summed E-state index contributed by atoms with van der Waals surface area (Å²) in [6.45, 7) is 5.93. The van der Waals surface area contributed by atoms with E-state index < -0.39 is 0 Å². The lowest BCUT2D eigenvalue weighted by Crippen LogP contribution is -2.26. The van der Waals surface area contributed by atoms with Crippen molar-refractivity contribution in [2.24, 2.45) is 0 Å². The molecule has 1 aromatic carbocycles. The zero-order valence-corrected chi connectivity index (χ0v) is 11.3. The fourth-order valence-corrected chi connectivity index (χ4v) is 1.90. The molecule has 0 aliphatic heterocycles. The van der Waals surface area contributed by atoms with Gasteiger partial charge in [0.05, 0.1) is 7.11 Å². The Kier molecular flexibility index (Phi) is 4.26. The van der Waals surface area contributed by atoms with Gasteiger partial charge in [0.2, 0.25) is 0 Å². The SMILES string of the molecule is C=C(CNC1CC1)CN(C)c1ccc(OC)cc1. The van der Waals surface area contributed by atoms with Gasteiger partial charge in [-0.25, -0.2) is 0 Å². The summed E-state index contributed by atoms with van der Waals surface area (Å²) in [7, 11) is 3.77. The number of hydrogen-bond acceptors (Lipinski definition) is 3. The zero-order chi connectivity index (χ0) is 13.0. The Morgan fingerprint density at radius 1 is 1.39 bits per heavy atom. The minimum Gasteiger partial charge on any atom is -0.497 e. The van der Waals surface area contributed by atoms with Gasteiger partial charge in [0, 0.05) is 31.9 Å². The summed E-state index contributed by atoms with van der Waals surface area (Å²) in [5.74, 6) is 0.890. The molecule has 0 heterocycles. The highest BCUT2D eigenvalue weighted by Gasteiger charge is 2.20. The molecule has 1 aromatic rings. The predicted octanol–water partition coefficient (Wildman–Crippen LogP) is 2.44. The first-order valence-corrected chi connectivity index (χ1v) is 6.44. The van der Waals surface area contributed by atoms with Crippen LogP contribution in [-0.4, -0.2) is 33.3 Å². The highest BCUT2D eigenvalue weighted by Crippen LogP contribution is 2.20. The molecule has 98 valence electrons. The molecule has 0 aromatic heterocycles. The van der Waals surface area contributed by atoms with Gasteiger partial charge >= 0.3 is 0 Å². The number of benzene rings is 1. The molecule has 1 saturated carbocycles. The maximum Gasteiger partial charge on any atom is 0.119 e. The quantitative estimate of drug-likeness (QED) is 0.748. The minimum absolute atomic E-state index is 0.744. The molecule has 0 bridgehead atoms. The molecule has 1 N–H and O–H groups in total. The third kappa shape index (κ3) is 3.77. The number of hydrogen-bond donors (Lipinski definition) is 1. The largest absolute Gasteiger partial charge is 0.497 e. The third-order valence-electron chi connectivity index (χ3n) is 3.19. The van der Waals surface area contributed by atoms with Gasteiger partial charge in [-0.15, -0.1) is 0 Å². The van der Waals surface area contributed by atoms with Crippen molar-refractivity contribution in [1.82, 2.24) is 5.32 Å². The molecule has 1 aliphatic carbocycles. The molecule has 1 aliphatic rings. The van der Waals surface area contributed by atoms with Crippen molar-refractivity contribution >= 4 is 5.69 Å². The molecule has 0 radical (unpaired) electrons. The molecular formula is C15H22N2O. The summed E-state index contributed by atoms with van der Waals surface area (Å²) in [5, 5.41) is 3.49. The number of nitrogens with one attached hydrogen (secondary N) is 1. The van der Waals surface area contributed by atoms with Crippen LogP contribution in [0.5, 0.6) is 5.75 Å². The van der Waals surface area contributed by atoms with Crippen LogP contribution < -0.4 is 15.0 Å². The number of anilines is 1. The van der Waals surface area contributed by atoms with Crippen molar-refractivity contribution in [3.8, 4) is 5.75 Å². The normalized spacial score (nSPS) is 14.3. The molecule has 3 heteroatoms. The van der Waals surface area contributed by atoms with Gasteiger partial charge in [0.15, 0.2) is 0 Å². The van der Waals surface area contributed by atoms with Crippen LogP contribution in [0.2, 0.25) is 0 Å². The number of nitrogens with zero attached hydrogens (tertiary/aromatic N) is 1. The second-order valence-corrected chi connectivity index (χ2v) is 4.96. The van der Waals surface area contributed by atoms with E-state index in [-0.39, 0.29) is 0 Å². The molecule has 1 fully saturated rings. The Hall–Kier alpha value is -1.48. The maximum atomic E-state index is 5.16. The lowest BCUT2D eigenvalue weighted by atomic mass is 10.2. The highest BCUT2D eigenvalue weighted by molar-refractivity contribution is 5.49. The Bertz CT molecular complexity index is 395. The molecular weight excluding hydrogens is 224 g/mol. The Balaban J connectivity index is 1.81. The molecule has 0 amide bonds. The van der Waals surface area contributed by atoms with E-state index in [9.17, 15) is 0 Å². The summed E-state index contributed by atoms with van der Waals surface area (Å²) in [5.41, 5.74) is 2.41. The van der Waals surface area contributed by atoms with Crippen LogP contribution in [0, 0.1) is 0 Å². The molecule has 2 rings (SSSR count). The van der Waals surface area contributed by atoms with Crippen LogP contribution in [0.15, 0.2) is 36.4 Å². The molecule has 18 heavy (non-hydrogen) atoms. The lowest BCUT2D eigenvalue weighted by molar-refractivity contribution is 0.415. The van der Waals surface area contributed by atoms with Crippen molar-refractivity contribution in [3.05, 3.63) is 36.4 Å². The second-order valence-electron chi connectivity index (χ2n) is 4.96. The minimum atomic E-state index is 0.744. The van der Waals surface area contributed by atoms with Crippen LogP contribution in [0.4, 0.5) is 5.69 Å². The van der Waals surface area contributed by atoms with E-state index in [1.54, 1.807) is 7.11 Å². The first-order chi connectivity index (χ1) is 8.69. The van der Waals surface area contributed by atoms with E-state index in [1.165, 1.54) is 24.1 Å². The average molecular weight is 246 g/mol. The summed E-state index contributed by atoms with van der Waals surface area (Å²) in [4.78, 5) is 2.20. The molecule has 0 unspecified atom stereocenters. The van der Waals surface area contributed by atoms with E-state index in [2.05, 4.69) is 36.0 Å². The van der Waals surface area contributed by atoms with Gasteiger partial charge < -0.3 is 15.0 Å². The first kappa shape index (κ1) is 13.0. The third-order valence-corrected chi connectivity index (χ3v) is 3.19. The topological polar surface area (TPSA) is 24.5 Å². The van der Waals surface area contributed by atoms with Crippen LogP contribution in [-0.2, 0) is 0 Å². The van der Waals surface area contributed by atoms with Gasteiger partial charge in [-0.1, -0.05) is 6.58 Å². The first-order valence-electron chi connectivity index (χ1n) is 6.44. The van der Waals surface area contributed by atoms with Crippen molar-refractivity contribution in [1.29, 1.82) is 0 Å². The van der Waals surface area contributed by atoms with Gasteiger partial charge in [0.1, 0.15) is 5.75 Å². The smallest absolute Gasteiger partial charge is 0.119 e. The van der Waals surface area contributed by atoms with E-state index >= 15 is 0 Å². The van der Waals surface area contributed by atoms with Crippen LogP contribution in [0.1, 0.15) is 12.8 Å². The maximum absolute atomic E-state index is 5.16. The zero-order valence-electron chi connectivity index (χ0n) is 11.3. The number of methoxy groups -OCH3 is 1. The fraction of sp³-hybridized carbons (Fsp3) is 0.467. The Labute approximate surface area is 109 Å². The van der Waals surface area contributed by atoms with E-state index in [0.29, 0.717) is 0 Å². The lowest BCUT2D eigenvalue weighted by Gasteiger charge is -2.21. The van der Waals surface area contributed by atoms with Crippen molar-refractivity contribution in [3.63, 3.8) is 0 Å². The number of likely N-dealkylation sites (N-methyl/N-ethyl adjacent to an activating group) is 1. The number of rotatable bonds is 7. The number of ether oxygens (including phenoxy) is 1. The summed E-state index contributed by atoms with van der Waals surface area (Å²) in [6, 6.07) is 8.85. The van der Waals surface area contributed by atoms with Gasteiger partial charge in [-0.3, -0.25) is 0 Å². The van der Waals surface area contributed by atoms with Gasteiger partial charge in [0.25, 0.3) is 0 Å². The predicted molar refractivity (Wildman–Crippen MR) is 76.4 cm³/mol. The van der Waals surface area contributed by atoms with Gasteiger partial charge in [-0.2, -0.15) is 0 Å². The Morgan fingerprint density at radius 2 is 2.06 bits per heavy atom.